The molecule has 0 aliphatic rings. The molecule has 2 unspecified atom stereocenters. The van der Waals surface area contributed by atoms with Crippen molar-refractivity contribution in [2.24, 2.45) is 5.14 Å². The normalized spacial score (nSPS) is 15.0. The minimum Gasteiger partial charge on any atom is -0.497 e. The van der Waals surface area contributed by atoms with Gasteiger partial charge in [-0.3, -0.25) is 0 Å². The van der Waals surface area contributed by atoms with Crippen LogP contribution in [0.5, 0.6) is 5.75 Å². The third-order valence-electron chi connectivity index (χ3n) is 4.58. The predicted molar refractivity (Wildman–Crippen MR) is 106 cm³/mol. The number of methoxy groups -OCH3 is 2. The number of sulfonamides is 1. The summed E-state index contributed by atoms with van der Waals surface area (Å²) in [4.78, 5) is 8.74. The van der Waals surface area contributed by atoms with Crippen LogP contribution in [0, 0.1) is 6.92 Å². The summed E-state index contributed by atoms with van der Waals surface area (Å²) < 4.78 is 41.0. The van der Waals surface area contributed by atoms with Gasteiger partial charge in [-0.05, 0) is 37.1 Å². The Kier molecular flexibility index (Phi) is 7.48. The van der Waals surface area contributed by atoms with Crippen molar-refractivity contribution in [2.45, 2.75) is 31.1 Å². The summed E-state index contributed by atoms with van der Waals surface area (Å²) in [6, 6.07) is 7.29. The van der Waals surface area contributed by atoms with Gasteiger partial charge in [-0.15, -0.1) is 0 Å². The lowest BCUT2D eigenvalue weighted by Crippen LogP contribution is -2.50. The van der Waals surface area contributed by atoms with E-state index in [1.165, 1.54) is 6.92 Å². The fourth-order valence-corrected chi connectivity index (χ4v) is 3.66. The van der Waals surface area contributed by atoms with E-state index in [1.54, 1.807) is 38.7 Å². The van der Waals surface area contributed by atoms with E-state index in [2.05, 4.69) is 9.97 Å². The second-order valence-electron chi connectivity index (χ2n) is 6.57. The highest BCUT2D eigenvalue weighted by atomic mass is 32.2. The molecule has 154 valence electrons. The number of nitrogens with zero attached hydrogens (tertiary/aromatic N) is 2. The van der Waals surface area contributed by atoms with Gasteiger partial charge in [0, 0.05) is 25.9 Å². The fraction of sp³-hybridized carbons (Fsp3) is 0.474. The number of rotatable bonds is 10. The molecule has 2 rings (SSSR count). The molecule has 0 fully saturated rings. The minimum atomic E-state index is -3.96. The number of aryl methyl sites for hydroxylation is 1. The van der Waals surface area contributed by atoms with Gasteiger partial charge in [0.1, 0.15) is 16.6 Å². The quantitative estimate of drug-likeness (QED) is 0.593. The molecule has 2 atom stereocenters. The van der Waals surface area contributed by atoms with Gasteiger partial charge in [-0.25, -0.2) is 23.5 Å². The zero-order chi connectivity index (χ0) is 20.8. The molecule has 0 spiro atoms. The van der Waals surface area contributed by atoms with Gasteiger partial charge >= 0.3 is 0 Å². The summed E-state index contributed by atoms with van der Waals surface area (Å²) >= 11 is 0. The Morgan fingerprint density at radius 2 is 1.71 bits per heavy atom. The van der Waals surface area contributed by atoms with Gasteiger partial charge in [0.2, 0.25) is 10.0 Å². The number of aromatic nitrogens is 2. The van der Waals surface area contributed by atoms with Crippen LogP contribution in [-0.2, 0) is 31.5 Å². The van der Waals surface area contributed by atoms with Crippen LogP contribution < -0.4 is 9.88 Å². The van der Waals surface area contributed by atoms with E-state index in [0.717, 1.165) is 11.1 Å². The largest absolute Gasteiger partial charge is 0.497 e. The van der Waals surface area contributed by atoms with Gasteiger partial charge in [-0.2, -0.15) is 0 Å². The average Bonchev–Trinajstić information content (AvgIpc) is 2.67. The number of ether oxygens (including phenoxy) is 3. The van der Waals surface area contributed by atoms with Crippen LogP contribution in [0.1, 0.15) is 23.9 Å². The maximum atomic E-state index is 12.3. The van der Waals surface area contributed by atoms with Crippen molar-refractivity contribution in [1.82, 2.24) is 9.97 Å². The van der Waals surface area contributed by atoms with Crippen molar-refractivity contribution in [3.05, 3.63) is 53.6 Å². The Labute approximate surface area is 166 Å². The first-order valence-electron chi connectivity index (χ1n) is 8.79. The number of nitrogens with two attached hydrogens (primary N) is 1. The van der Waals surface area contributed by atoms with E-state index in [9.17, 15) is 8.42 Å². The second kappa shape index (κ2) is 9.42. The molecule has 1 aromatic carbocycles. The summed E-state index contributed by atoms with van der Waals surface area (Å²) in [5, 5.41) is 4.43. The van der Waals surface area contributed by atoms with Crippen molar-refractivity contribution < 1.29 is 22.6 Å². The van der Waals surface area contributed by atoms with Crippen LogP contribution in [0.2, 0.25) is 0 Å². The molecule has 28 heavy (non-hydrogen) atoms. The first-order chi connectivity index (χ1) is 13.2. The van der Waals surface area contributed by atoms with Crippen molar-refractivity contribution in [3.8, 4) is 5.75 Å². The Morgan fingerprint density at radius 1 is 1.11 bits per heavy atom. The summed E-state index contributed by atoms with van der Waals surface area (Å²) in [5.74, 6) is 0.951. The van der Waals surface area contributed by atoms with Crippen LogP contribution in [0.25, 0.3) is 0 Å². The van der Waals surface area contributed by atoms with Gasteiger partial charge in [0.05, 0.1) is 20.3 Å². The summed E-state index contributed by atoms with van der Waals surface area (Å²) in [7, 11) is -0.838. The molecule has 8 nitrogen and oxygen atoms in total. The summed E-state index contributed by atoms with van der Waals surface area (Å²) in [5.41, 5.74) is 0.300. The zero-order valence-electron chi connectivity index (χ0n) is 16.6. The van der Waals surface area contributed by atoms with E-state index >= 15 is 0 Å². The Hall–Kier alpha value is -2.07. The highest BCUT2D eigenvalue weighted by molar-refractivity contribution is 7.89. The summed E-state index contributed by atoms with van der Waals surface area (Å²) in [6.07, 6.45) is 3.46. The number of primary sulfonamides is 1. The predicted octanol–water partition coefficient (Wildman–Crippen LogP) is 1.57. The lowest BCUT2D eigenvalue weighted by atomic mass is 9.89. The standard InChI is InChI=1S/C19H27N3O5S/c1-14-12-21-18(22-13-14)19(27-10-9-25-3,15(2)28(20,23)24)11-16-5-7-17(26-4)8-6-16/h5-8,12-13,15H,9-11H2,1-4H3,(H2,20,23,24). The molecule has 0 saturated carbocycles. The Bertz CT molecular complexity index is 856. The molecule has 0 saturated heterocycles. The van der Waals surface area contributed by atoms with Gasteiger partial charge < -0.3 is 14.2 Å². The smallest absolute Gasteiger partial charge is 0.215 e. The molecule has 2 aromatic rings. The maximum Gasteiger partial charge on any atom is 0.215 e. The third kappa shape index (κ3) is 5.26. The molecule has 1 aromatic heterocycles. The zero-order valence-corrected chi connectivity index (χ0v) is 17.4. The number of hydrogen-bond donors (Lipinski definition) is 1. The SMILES string of the molecule is COCCOC(Cc1ccc(OC)cc1)(c1ncc(C)cn1)C(C)S(N)(=O)=O. The molecule has 2 N–H and O–H groups in total. The molecule has 1 heterocycles. The van der Waals surface area contributed by atoms with Crippen molar-refractivity contribution in [3.63, 3.8) is 0 Å². The van der Waals surface area contributed by atoms with Crippen molar-refractivity contribution >= 4 is 10.0 Å². The minimum absolute atomic E-state index is 0.156. The fourth-order valence-electron chi connectivity index (χ4n) is 2.87. The highest BCUT2D eigenvalue weighted by Gasteiger charge is 2.47. The maximum absolute atomic E-state index is 12.3. The van der Waals surface area contributed by atoms with E-state index in [-0.39, 0.29) is 25.5 Å². The van der Waals surface area contributed by atoms with Crippen LogP contribution in [0.4, 0.5) is 0 Å². The topological polar surface area (TPSA) is 114 Å². The van der Waals surface area contributed by atoms with Crippen LogP contribution >= 0.6 is 0 Å². The van der Waals surface area contributed by atoms with Gasteiger partial charge in [0.25, 0.3) is 0 Å². The van der Waals surface area contributed by atoms with Crippen LogP contribution in [-0.4, -0.2) is 51.1 Å². The Balaban J connectivity index is 2.57. The first-order valence-corrected chi connectivity index (χ1v) is 10.4. The van der Waals surface area contributed by atoms with Gasteiger partial charge in [0.15, 0.2) is 5.82 Å². The molecular formula is C19H27N3O5S. The van der Waals surface area contributed by atoms with E-state index in [4.69, 9.17) is 19.3 Å². The third-order valence-corrected chi connectivity index (χ3v) is 5.95. The van der Waals surface area contributed by atoms with E-state index < -0.39 is 20.9 Å². The molecule has 0 aliphatic carbocycles. The lowest BCUT2D eigenvalue weighted by molar-refractivity contribution is -0.0735. The van der Waals surface area contributed by atoms with Crippen LogP contribution in [0.3, 0.4) is 0 Å². The molecule has 9 heteroatoms. The monoisotopic (exact) mass is 409 g/mol. The molecule has 0 radical (unpaired) electrons. The van der Waals surface area contributed by atoms with Crippen LogP contribution in [0.15, 0.2) is 36.7 Å². The lowest BCUT2D eigenvalue weighted by Gasteiger charge is -2.36. The molecule has 0 aliphatic heterocycles. The Morgan fingerprint density at radius 3 is 2.21 bits per heavy atom. The average molecular weight is 410 g/mol. The molecule has 0 bridgehead atoms. The molecule has 0 amide bonds. The second-order valence-corrected chi connectivity index (χ2v) is 8.46. The van der Waals surface area contributed by atoms with E-state index in [0.29, 0.717) is 5.75 Å². The number of hydrogen-bond acceptors (Lipinski definition) is 7. The summed E-state index contributed by atoms with van der Waals surface area (Å²) in [6.45, 7) is 3.80. The first kappa shape index (κ1) is 22.2. The number of benzene rings is 1. The van der Waals surface area contributed by atoms with Crippen molar-refractivity contribution in [1.29, 1.82) is 0 Å². The van der Waals surface area contributed by atoms with E-state index in [1.807, 2.05) is 19.1 Å². The highest BCUT2D eigenvalue weighted by Crippen LogP contribution is 2.35. The van der Waals surface area contributed by atoms with Crippen molar-refractivity contribution in [2.75, 3.05) is 27.4 Å². The van der Waals surface area contributed by atoms with Gasteiger partial charge in [-0.1, -0.05) is 12.1 Å². The molecular weight excluding hydrogens is 382 g/mol.